The van der Waals surface area contributed by atoms with Crippen LogP contribution < -0.4 is 0 Å². The first-order valence-electron chi connectivity index (χ1n) is 9.72. The number of likely N-dealkylation sites (tertiary alicyclic amines) is 1. The van der Waals surface area contributed by atoms with Gasteiger partial charge in [0.1, 0.15) is 0 Å². The fraction of sp³-hybridized carbons (Fsp3) is 0.632. The summed E-state index contributed by atoms with van der Waals surface area (Å²) < 4.78 is 15.9. The van der Waals surface area contributed by atoms with Gasteiger partial charge in [0.25, 0.3) is 0 Å². The van der Waals surface area contributed by atoms with Gasteiger partial charge in [0, 0.05) is 45.6 Å². The van der Waals surface area contributed by atoms with Gasteiger partial charge in [-0.25, -0.2) is 0 Å². The number of carbonyl (C=O) groups excluding carboxylic acids is 1. The van der Waals surface area contributed by atoms with Crippen LogP contribution in [0.15, 0.2) is 27.3 Å². The lowest BCUT2D eigenvalue weighted by Gasteiger charge is -2.36. The molecule has 0 unspecified atom stereocenters. The number of ether oxygens (including phenoxy) is 1. The van der Waals surface area contributed by atoms with E-state index in [0.717, 1.165) is 58.8 Å². The van der Waals surface area contributed by atoms with Gasteiger partial charge in [-0.05, 0) is 30.9 Å². The molecule has 2 fully saturated rings. The molecular formula is C19H26N4O4. The average Bonchev–Trinajstić information content (AvgIpc) is 3.39. The maximum absolute atomic E-state index is 12.5. The molecule has 1 amide bonds. The maximum atomic E-state index is 12.5. The van der Waals surface area contributed by atoms with Crippen molar-refractivity contribution in [3.63, 3.8) is 0 Å². The normalized spacial score (nSPS) is 19.5. The Hall–Kier alpha value is -2.19. The van der Waals surface area contributed by atoms with Crippen LogP contribution in [0.3, 0.4) is 0 Å². The Balaban J connectivity index is 1.19. The number of carbonyl (C=O) groups is 1. The van der Waals surface area contributed by atoms with Crippen molar-refractivity contribution in [1.29, 1.82) is 0 Å². The molecule has 0 atom stereocenters. The Kier molecular flexibility index (Phi) is 5.84. The highest BCUT2D eigenvalue weighted by molar-refractivity contribution is 5.76. The van der Waals surface area contributed by atoms with Crippen molar-refractivity contribution in [3.05, 3.63) is 24.3 Å². The molecule has 0 bridgehead atoms. The van der Waals surface area contributed by atoms with E-state index in [1.165, 1.54) is 0 Å². The molecule has 4 heterocycles. The number of morpholine rings is 1. The fourth-order valence-corrected chi connectivity index (χ4v) is 3.75. The molecule has 2 aliphatic rings. The Morgan fingerprint density at radius 2 is 2.00 bits per heavy atom. The summed E-state index contributed by atoms with van der Waals surface area (Å²) >= 11 is 0. The summed E-state index contributed by atoms with van der Waals surface area (Å²) in [5.41, 5.74) is 0. The lowest BCUT2D eigenvalue weighted by molar-refractivity contribution is -0.132. The van der Waals surface area contributed by atoms with Crippen LogP contribution in [0, 0.1) is 5.92 Å². The zero-order valence-electron chi connectivity index (χ0n) is 15.5. The smallest absolute Gasteiger partial charge is 0.238 e. The molecule has 27 heavy (non-hydrogen) atoms. The van der Waals surface area contributed by atoms with Gasteiger partial charge in [0.05, 0.1) is 19.5 Å². The number of hydrogen-bond donors (Lipinski definition) is 0. The summed E-state index contributed by atoms with van der Waals surface area (Å²) in [6, 6.07) is 3.55. The van der Waals surface area contributed by atoms with E-state index < -0.39 is 0 Å². The van der Waals surface area contributed by atoms with E-state index in [4.69, 9.17) is 13.7 Å². The van der Waals surface area contributed by atoms with E-state index in [-0.39, 0.29) is 5.91 Å². The molecule has 8 heteroatoms. The Morgan fingerprint density at radius 1 is 1.19 bits per heavy atom. The van der Waals surface area contributed by atoms with Crippen LogP contribution in [-0.4, -0.2) is 71.8 Å². The second-order valence-corrected chi connectivity index (χ2v) is 7.23. The highest BCUT2D eigenvalue weighted by atomic mass is 16.5. The number of piperidine rings is 1. The third-order valence-corrected chi connectivity index (χ3v) is 5.35. The van der Waals surface area contributed by atoms with Crippen molar-refractivity contribution in [2.24, 2.45) is 5.92 Å². The summed E-state index contributed by atoms with van der Waals surface area (Å²) in [7, 11) is 0. The molecule has 2 aromatic heterocycles. The molecule has 2 saturated heterocycles. The van der Waals surface area contributed by atoms with Crippen LogP contribution in [0.4, 0.5) is 0 Å². The maximum Gasteiger partial charge on any atom is 0.238 e. The first kappa shape index (κ1) is 18.2. The van der Waals surface area contributed by atoms with E-state index >= 15 is 0 Å². The molecule has 4 rings (SSSR count). The van der Waals surface area contributed by atoms with Crippen molar-refractivity contribution in [2.45, 2.75) is 25.7 Å². The number of hydrogen-bond acceptors (Lipinski definition) is 7. The standard InChI is InChI=1S/C19H26N4O4/c24-18(4-3-17-20-19(21-27-17)16-2-1-11-26-16)23-7-5-15(6-8-23)14-22-9-12-25-13-10-22/h1-2,11,15H,3-10,12-14H2. The van der Waals surface area contributed by atoms with Crippen molar-refractivity contribution in [2.75, 3.05) is 45.9 Å². The number of furan rings is 1. The minimum absolute atomic E-state index is 0.164. The van der Waals surface area contributed by atoms with Crippen LogP contribution in [0.25, 0.3) is 11.6 Å². The monoisotopic (exact) mass is 374 g/mol. The number of nitrogens with zero attached hydrogens (tertiary/aromatic N) is 4. The van der Waals surface area contributed by atoms with Gasteiger partial charge in [-0.3, -0.25) is 9.69 Å². The average molecular weight is 374 g/mol. The predicted octanol–water partition coefficient (Wildman–Crippen LogP) is 1.83. The third kappa shape index (κ3) is 4.75. The number of aromatic nitrogens is 2. The molecule has 0 spiro atoms. The van der Waals surface area contributed by atoms with Gasteiger partial charge in [-0.2, -0.15) is 4.98 Å². The summed E-state index contributed by atoms with van der Waals surface area (Å²) in [6.45, 7) is 6.56. The van der Waals surface area contributed by atoms with E-state index in [2.05, 4.69) is 15.0 Å². The molecule has 0 N–H and O–H groups in total. The van der Waals surface area contributed by atoms with Crippen molar-refractivity contribution in [1.82, 2.24) is 19.9 Å². The highest BCUT2D eigenvalue weighted by Crippen LogP contribution is 2.20. The molecule has 2 aromatic rings. The zero-order chi connectivity index (χ0) is 18.5. The van der Waals surface area contributed by atoms with Gasteiger partial charge < -0.3 is 18.6 Å². The molecule has 0 aromatic carbocycles. The summed E-state index contributed by atoms with van der Waals surface area (Å²) in [5, 5.41) is 3.90. The van der Waals surface area contributed by atoms with Crippen molar-refractivity contribution in [3.8, 4) is 11.6 Å². The molecule has 0 aliphatic carbocycles. The minimum Gasteiger partial charge on any atom is -0.461 e. The molecular weight excluding hydrogens is 348 g/mol. The molecule has 0 saturated carbocycles. The lowest BCUT2D eigenvalue weighted by Crippen LogP contribution is -2.44. The quantitative estimate of drug-likeness (QED) is 0.762. The molecule has 0 radical (unpaired) electrons. The van der Waals surface area contributed by atoms with Gasteiger partial charge >= 0.3 is 0 Å². The van der Waals surface area contributed by atoms with Crippen LogP contribution in [0.5, 0.6) is 0 Å². The third-order valence-electron chi connectivity index (χ3n) is 5.35. The van der Waals surface area contributed by atoms with Crippen LogP contribution in [0.2, 0.25) is 0 Å². The minimum atomic E-state index is 0.164. The topological polar surface area (TPSA) is 84.8 Å². The second-order valence-electron chi connectivity index (χ2n) is 7.23. The summed E-state index contributed by atoms with van der Waals surface area (Å²) in [4.78, 5) is 21.2. The van der Waals surface area contributed by atoms with E-state index in [1.54, 1.807) is 18.4 Å². The molecule has 8 nitrogen and oxygen atoms in total. The number of aryl methyl sites for hydroxylation is 1. The van der Waals surface area contributed by atoms with Gasteiger partial charge in [0.2, 0.25) is 17.6 Å². The lowest BCUT2D eigenvalue weighted by atomic mass is 9.95. The molecule has 146 valence electrons. The largest absolute Gasteiger partial charge is 0.461 e. The Bertz CT molecular complexity index is 716. The first-order valence-corrected chi connectivity index (χ1v) is 9.72. The fourth-order valence-electron chi connectivity index (χ4n) is 3.75. The SMILES string of the molecule is O=C(CCc1nc(-c2ccco2)no1)N1CCC(CN2CCOCC2)CC1. The van der Waals surface area contributed by atoms with E-state index in [1.807, 2.05) is 4.90 Å². The highest BCUT2D eigenvalue weighted by Gasteiger charge is 2.25. The number of rotatable bonds is 6. The van der Waals surface area contributed by atoms with Gasteiger partial charge in [-0.1, -0.05) is 5.16 Å². The Morgan fingerprint density at radius 3 is 2.74 bits per heavy atom. The van der Waals surface area contributed by atoms with Crippen LogP contribution in [0.1, 0.15) is 25.2 Å². The summed E-state index contributed by atoms with van der Waals surface area (Å²) in [5.74, 6) is 2.30. The Labute approximate surface area is 158 Å². The van der Waals surface area contributed by atoms with E-state index in [0.29, 0.717) is 36.2 Å². The van der Waals surface area contributed by atoms with E-state index in [9.17, 15) is 4.79 Å². The van der Waals surface area contributed by atoms with Gasteiger partial charge in [-0.15, -0.1) is 0 Å². The van der Waals surface area contributed by atoms with Crippen molar-refractivity contribution >= 4 is 5.91 Å². The second kappa shape index (κ2) is 8.67. The zero-order valence-corrected chi connectivity index (χ0v) is 15.5. The number of amides is 1. The molecule has 2 aliphatic heterocycles. The van der Waals surface area contributed by atoms with Crippen LogP contribution >= 0.6 is 0 Å². The first-order chi connectivity index (χ1) is 13.3. The van der Waals surface area contributed by atoms with Gasteiger partial charge in [0.15, 0.2) is 5.76 Å². The van der Waals surface area contributed by atoms with Crippen molar-refractivity contribution < 1.29 is 18.5 Å². The summed E-state index contributed by atoms with van der Waals surface area (Å²) in [6.07, 6.45) is 4.57. The predicted molar refractivity (Wildman–Crippen MR) is 96.9 cm³/mol. The van der Waals surface area contributed by atoms with Crippen LogP contribution in [-0.2, 0) is 16.0 Å².